The molecule has 0 aliphatic carbocycles. The molecule has 1 aromatic heterocycles. The Morgan fingerprint density at radius 3 is 2.78 bits per heavy atom. The molecule has 2 rings (SSSR count). The molecule has 1 amide bonds. The molecular weight excluding hydrogens is 302 g/mol. The summed E-state index contributed by atoms with van der Waals surface area (Å²) in [5, 5.41) is 9.25. The Labute approximate surface area is 113 Å². The predicted molar refractivity (Wildman–Crippen MR) is 67.3 cm³/mol. The van der Waals surface area contributed by atoms with Crippen LogP contribution in [0.2, 0.25) is 0 Å². The Bertz CT molecular complexity index is 470. The Balaban J connectivity index is 2.24. The van der Waals surface area contributed by atoms with Gasteiger partial charge in [0.1, 0.15) is 6.04 Å². The molecule has 0 aromatic carbocycles. The number of carboxylic acids is 1. The molecule has 0 spiro atoms. The number of nitrogens with zero attached hydrogens (tertiary/aromatic N) is 1. The van der Waals surface area contributed by atoms with Crippen molar-refractivity contribution in [2.75, 3.05) is 6.54 Å². The highest BCUT2D eigenvalue weighted by molar-refractivity contribution is 9.10. The van der Waals surface area contributed by atoms with E-state index in [1.54, 1.807) is 12.1 Å². The smallest absolute Gasteiger partial charge is 0.326 e. The summed E-state index contributed by atoms with van der Waals surface area (Å²) in [5.74, 6) is -1.19. The van der Waals surface area contributed by atoms with Crippen molar-refractivity contribution in [2.45, 2.75) is 25.8 Å². The third-order valence-corrected chi connectivity index (χ3v) is 3.66. The van der Waals surface area contributed by atoms with E-state index in [0.717, 1.165) is 12.8 Å². The number of hydrogen-bond acceptors (Lipinski definition) is 3. The molecule has 5 nitrogen and oxygen atoms in total. The van der Waals surface area contributed by atoms with Crippen LogP contribution in [-0.4, -0.2) is 34.5 Å². The van der Waals surface area contributed by atoms with Gasteiger partial charge in [0.15, 0.2) is 10.4 Å². The third kappa shape index (κ3) is 2.43. The van der Waals surface area contributed by atoms with Crippen LogP contribution in [0.25, 0.3) is 0 Å². The summed E-state index contributed by atoms with van der Waals surface area (Å²) < 4.78 is 5.66. The molecule has 1 saturated heterocycles. The Hall–Kier alpha value is -1.30. The molecule has 18 heavy (non-hydrogen) atoms. The van der Waals surface area contributed by atoms with Gasteiger partial charge < -0.3 is 14.4 Å². The van der Waals surface area contributed by atoms with Gasteiger partial charge in [0.25, 0.3) is 5.91 Å². The summed E-state index contributed by atoms with van der Waals surface area (Å²) in [5.41, 5.74) is 0. The molecule has 0 saturated carbocycles. The van der Waals surface area contributed by atoms with Gasteiger partial charge in [-0.05, 0) is 46.8 Å². The summed E-state index contributed by atoms with van der Waals surface area (Å²) in [6.07, 6.45) is 1.64. The maximum Gasteiger partial charge on any atom is 0.326 e. The maximum absolute atomic E-state index is 12.2. The lowest BCUT2D eigenvalue weighted by Gasteiger charge is -2.36. The summed E-state index contributed by atoms with van der Waals surface area (Å²) in [6.45, 7) is 2.31. The highest BCUT2D eigenvalue weighted by atomic mass is 79.9. The number of halogens is 1. The Kier molecular flexibility index (Phi) is 3.75. The SMILES string of the molecule is CC1CCCN(C(=O)c2ccc(Br)o2)C1C(=O)O. The van der Waals surface area contributed by atoms with Crippen LogP contribution in [-0.2, 0) is 4.79 Å². The largest absolute Gasteiger partial charge is 0.480 e. The number of amides is 1. The van der Waals surface area contributed by atoms with E-state index in [2.05, 4.69) is 15.9 Å². The first-order valence-corrected chi connectivity index (χ1v) is 6.59. The average molecular weight is 316 g/mol. The van der Waals surface area contributed by atoms with Gasteiger partial charge in [0, 0.05) is 6.54 Å². The molecule has 98 valence electrons. The molecule has 1 N–H and O–H groups in total. The van der Waals surface area contributed by atoms with Crippen LogP contribution < -0.4 is 0 Å². The van der Waals surface area contributed by atoms with Gasteiger partial charge in [-0.25, -0.2) is 4.79 Å². The maximum atomic E-state index is 12.2. The van der Waals surface area contributed by atoms with Gasteiger partial charge in [-0.1, -0.05) is 6.92 Å². The fraction of sp³-hybridized carbons (Fsp3) is 0.500. The highest BCUT2D eigenvalue weighted by Gasteiger charge is 2.38. The van der Waals surface area contributed by atoms with E-state index in [4.69, 9.17) is 4.42 Å². The van der Waals surface area contributed by atoms with E-state index < -0.39 is 12.0 Å². The molecule has 0 bridgehead atoms. The molecule has 1 aliphatic heterocycles. The average Bonchev–Trinajstić information content (AvgIpc) is 2.74. The van der Waals surface area contributed by atoms with Crippen LogP contribution in [0.1, 0.15) is 30.3 Å². The number of rotatable bonds is 2. The van der Waals surface area contributed by atoms with E-state index in [1.165, 1.54) is 4.90 Å². The highest BCUT2D eigenvalue weighted by Crippen LogP contribution is 2.26. The minimum absolute atomic E-state index is 0.0430. The van der Waals surface area contributed by atoms with Crippen molar-refractivity contribution >= 4 is 27.8 Å². The second-order valence-electron chi connectivity index (χ2n) is 4.50. The van der Waals surface area contributed by atoms with Crippen molar-refractivity contribution in [1.82, 2.24) is 4.90 Å². The predicted octanol–water partition coefficient (Wildman–Crippen LogP) is 2.37. The molecule has 2 unspecified atom stereocenters. The zero-order chi connectivity index (χ0) is 13.3. The number of carbonyl (C=O) groups excluding carboxylic acids is 1. The van der Waals surface area contributed by atoms with Gasteiger partial charge in [0.05, 0.1) is 0 Å². The summed E-state index contributed by atoms with van der Waals surface area (Å²) in [7, 11) is 0. The summed E-state index contributed by atoms with van der Waals surface area (Å²) in [6, 6.07) is 2.40. The number of carboxylic acid groups (broad SMARTS) is 1. The minimum atomic E-state index is -0.957. The fourth-order valence-corrected chi connectivity index (χ4v) is 2.67. The zero-order valence-corrected chi connectivity index (χ0v) is 11.5. The number of hydrogen-bond donors (Lipinski definition) is 1. The van der Waals surface area contributed by atoms with Crippen LogP contribution in [0.5, 0.6) is 0 Å². The molecule has 2 heterocycles. The van der Waals surface area contributed by atoms with Crippen molar-refractivity contribution in [3.8, 4) is 0 Å². The van der Waals surface area contributed by atoms with E-state index in [1.807, 2.05) is 6.92 Å². The fourth-order valence-electron chi connectivity index (χ4n) is 2.36. The number of likely N-dealkylation sites (tertiary alicyclic amines) is 1. The lowest BCUT2D eigenvalue weighted by atomic mass is 9.90. The lowest BCUT2D eigenvalue weighted by Crippen LogP contribution is -2.51. The molecule has 6 heteroatoms. The van der Waals surface area contributed by atoms with Crippen LogP contribution in [0.15, 0.2) is 21.2 Å². The summed E-state index contributed by atoms with van der Waals surface area (Å²) in [4.78, 5) is 24.9. The Morgan fingerprint density at radius 1 is 1.50 bits per heavy atom. The van der Waals surface area contributed by atoms with Gasteiger partial charge >= 0.3 is 5.97 Å². The van der Waals surface area contributed by atoms with E-state index in [-0.39, 0.29) is 17.6 Å². The Morgan fingerprint density at radius 2 is 2.22 bits per heavy atom. The van der Waals surface area contributed by atoms with Crippen LogP contribution >= 0.6 is 15.9 Å². The van der Waals surface area contributed by atoms with Crippen molar-refractivity contribution < 1.29 is 19.1 Å². The van der Waals surface area contributed by atoms with Crippen LogP contribution in [0.4, 0.5) is 0 Å². The van der Waals surface area contributed by atoms with Crippen molar-refractivity contribution in [1.29, 1.82) is 0 Å². The van der Waals surface area contributed by atoms with E-state index >= 15 is 0 Å². The standard InChI is InChI=1S/C12H14BrNO4/c1-7-3-2-6-14(10(7)12(16)17)11(15)8-4-5-9(13)18-8/h4-5,7,10H,2-3,6H2,1H3,(H,16,17). The van der Waals surface area contributed by atoms with Crippen LogP contribution in [0.3, 0.4) is 0 Å². The topological polar surface area (TPSA) is 70.8 Å². The molecule has 1 aromatic rings. The van der Waals surface area contributed by atoms with Crippen molar-refractivity contribution in [2.24, 2.45) is 5.92 Å². The van der Waals surface area contributed by atoms with Crippen molar-refractivity contribution in [3.05, 3.63) is 22.6 Å². The number of aliphatic carboxylic acids is 1. The second kappa shape index (κ2) is 5.14. The second-order valence-corrected chi connectivity index (χ2v) is 5.29. The monoisotopic (exact) mass is 315 g/mol. The first kappa shape index (κ1) is 13.1. The van der Waals surface area contributed by atoms with E-state index in [9.17, 15) is 14.7 Å². The van der Waals surface area contributed by atoms with Crippen molar-refractivity contribution in [3.63, 3.8) is 0 Å². The van der Waals surface area contributed by atoms with Crippen LogP contribution in [0, 0.1) is 5.92 Å². The normalized spacial score (nSPS) is 24.0. The zero-order valence-electron chi connectivity index (χ0n) is 9.93. The summed E-state index contributed by atoms with van der Waals surface area (Å²) >= 11 is 3.13. The molecule has 1 aliphatic rings. The van der Waals surface area contributed by atoms with E-state index in [0.29, 0.717) is 11.2 Å². The van der Waals surface area contributed by atoms with Gasteiger partial charge in [-0.15, -0.1) is 0 Å². The molecular formula is C12H14BrNO4. The minimum Gasteiger partial charge on any atom is -0.480 e. The molecule has 1 fully saturated rings. The number of furan rings is 1. The third-order valence-electron chi connectivity index (χ3n) is 3.23. The van der Waals surface area contributed by atoms with Gasteiger partial charge in [-0.3, -0.25) is 4.79 Å². The quantitative estimate of drug-likeness (QED) is 0.909. The molecule has 0 radical (unpaired) electrons. The first-order chi connectivity index (χ1) is 8.50. The van der Waals surface area contributed by atoms with Gasteiger partial charge in [-0.2, -0.15) is 0 Å². The molecule has 2 atom stereocenters. The van der Waals surface area contributed by atoms with Gasteiger partial charge in [0.2, 0.25) is 0 Å². The first-order valence-electron chi connectivity index (χ1n) is 5.80. The lowest BCUT2D eigenvalue weighted by molar-refractivity contribution is -0.145. The number of piperidine rings is 1. The number of carbonyl (C=O) groups is 2.